The van der Waals surface area contributed by atoms with Gasteiger partial charge >= 0.3 is 0 Å². The minimum absolute atomic E-state index is 0.160. The zero-order valence-corrected chi connectivity index (χ0v) is 22.0. The number of nitrogens with zero attached hydrogens (tertiary/aromatic N) is 2. The van der Waals surface area contributed by atoms with Crippen LogP contribution in [0.25, 0.3) is 10.9 Å². The zero-order valence-electron chi connectivity index (χ0n) is 22.0. The van der Waals surface area contributed by atoms with Gasteiger partial charge in [-0.15, -0.1) is 0 Å². The Morgan fingerprint density at radius 1 is 0.795 bits per heavy atom. The lowest BCUT2D eigenvalue weighted by Crippen LogP contribution is -2.30. The average Bonchev–Trinajstić information content (AvgIpc) is 3.41. The molecule has 39 heavy (non-hydrogen) atoms. The van der Waals surface area contributed by atoms with E-state index in [0.717, 1.165) is 39.6 Å². The van der Waals surface area contributed by atoms with E-state index in [9.17, 15) is 9.90 Å². The van der Waals surface area contributed by atoms with Crippen LogP contribution in [0.4, 0.5) is 0 Å². The van der Waals surface area contributed by atoms with Crippen LogP contribution in [0.3, 0.4) is 0 Å². The Morgan fingerprint density at radius 3 is 1.97 bits per heavy atom. The molecule has 0 saturated heterocycles. The fourth-order valence-electron chi connectivity index (χ4n) is 4.49. The molecule has 0 bridgehead atoms. The second-order valence-corrected chi connectivity index (χ2v) is 9.69. The number of aromatic nitrogens is 2. The van der Waals surface area contributed by atoms with Gasteiger partial charge in [-0.25, -0.2) is 0 Å². The number of carbonyl (C=O) groups is 1. The van der Waals surface area contributed by atoms with E-state index in [0.29, 0.717) is 18.8 Å². The molecule has 0 aliphatic heterocycles. The maximum atomic E-state index is 13.7. The SMILES string of the molecule is CCCCc1ccc(C#Cc2ccc(CN(Cc3ccc(O)cc3)C(=O)c3n[nH]c4ccccc34)cc2)cc1. The Balaban J connectivity index is 1.33. The Hall–Kier alpha value is -4.82. The normalized spacial score (nSPS) is 10.7. The Morgan fingerprint density at radius 2 is 1.36 bits per heavy atom. The number of rotatable bonds is 8. The number of H-pyrrole nitrogens is 1. The summed E-state index contributed by atoms with van der Waals surface area (Å²) in [7, 11) is 0. The number of carbonyl (C=O) groups excluding carboxylic acids is 1. The van der Waals surface area contributed by atoms with Crippen LogP contribution in [0, 0.1) is 11.8 Å². The maximum Gasteiger partial charge on any atom is 0.275 e. The number of aromatic hydroxyl groups is 1. The van der Waals surface area contributed by atoms with Crippen LogP contribution >= 0.6 is 0 Å². The number of phenols is 1. The summed E-state index contributed by atoms with van der Waals surface area (Å²) in [5.41, 5.74) is 6.40. The van der Waals surface area contributed by atoms with E-state index in [4.69, 9.17) is 0 Å². The van der Waals surface area contributed by atoms with Crippen LogP contribution < -0.4 is 0 Å². The molecule has 194 valence electrons. The van der Waals surface area contributed by atoms with Crippen molar-refractivity contribution >= 4 is 16.8 Å². The van der Waals surface area contributed by atoms with Gasteiger partial charge in [-0.2, -0.15) is 5.10 Å². The molecule has 5 heteroatoms. The Bertz CT molecular complexity index is 1610. The predicted octanol–water partition coefficient (Wildman–Crippen LogP) is 6.85. The van der Waals surface area contributed by atoms with Gasteiger partial charge in [-0.05, 0) is 72.0 Å². The quantitative estimate of drug-likeness (QED) is 0.223. The van der Waals surface area contributed by atoms with Gasteiger partial charge in [0.25, 0.3) is 5.91 Å². The highest BCUT2D eigenvalue weighted by atomic mass is 16.3. The van der Waals surface area contributed by atoms with Crippen molar-refractivity contribution in [3.8, 4) is 17.6 Å². The van der Waals surface area contributed by atoms with E-state index in [2.05, 4.69) is 53.2 Å². The van der Waals surface area contributed by atoms with Crippen LogP contribution in [0.15, 0.2) is 97.1 Å². The van der Waals surface area contributed by atoms with Crippen molar-refractivity contribution in [1.29, 1.82) is 0 Å². The molecule has 0 aliphatic rings. The molecule has 0 atom stereocenters. The summed E-state index contributed by atoms with van der Waals surface area (Å²) >= 11 is 0. The number of amides is 1. The minimum Gasteiger partial charge on any atom is -0.508 e. The molecule has 1 aromatic heterocycles. The summed E-state index contributed by atoms with van der Waals surface area (Å²) in [6.45, 7) is 3.00. The molecule has 4 aromatic carbocycles. The summed E-state index contributed by atoms with van der Waals surface area (Å²) in [6, 6.07) is 31.0. The van der Waals surface area contributed by atoms with Gasteiger partial charge in [0.05, 0.1) is 5.52 Å². The number of hydrogen-bond acceptors (Lipinski definition) is 3. The lowest BCUT2D eigenvalue weighted by atomic mass is 10.1. The van der Waals surface area contributed by atoms with Crippen molar-refractivity contribution in [3.05, 3.63) is 131 Å². The average molecular weight is 514 g/mol. The van der Waals surface area contributed by atoms with Crippen molar-refractivity contribution in [2.45, 2.75) is 39.3 Å². The van der Waals surface area contributed by atoms with Crippen molar-refractivity contribution in [1.82, 2.24) is 15.1 Å². The number of aromatic amines is 1. The largest absolute Gasteiger partial charge is 0.508 e. The van der Waals surface area contributed by atoms with Gasteiger partial charge in [-0.1, -0.05) is 79.8 Å². The molecule has 0 aliphatic carbocycles. The third kappa shape index (κ3) is 6.55. The molecule has 1 heterocycles. The van der Waals surface area contributed by atoms with E-state index >= 15 is 0 Å². The molecule has 0 saturated carbocycles. The number of unbranched alkanes of at least 4 members (excludes halogenated alkanes) is 1. The van der Waals surface area contributed by atoms with Crippen LogP contribution in [0.5, 0.6) is 5.75 Å². The van der Waals surface area contributed by atoms with Crippen molar-refractivity contribution in [2.75, 3.05) is 0 Å². The molecule has 5 aromatic rings. The zero-order chi connectivity index (χ0) is 27.0. The smallest absolute Gasteiger partial charge is 0.275 e. The molecule has 0 fully saturated rings. The topological polar surface area (TPSA) is 69.2 Å². The van der Waals surface area contributed by atoms with Crippen LogP contribution in [-0.2, 0) is 19.5 Å². The van der Waals surface area contributed by atoms with Crippen LogP contribution in [0.1, 0.15) is 58.1 Å². The van der Waals surface area contributed by atoms with E-state index in [1.165, 1.54) is 18.4 Å². The van der Waals surface area contributed by atoms with Crippen LogP contribution in [0.2, 0.25) is 0 Å². The summed E-state index contributed by atoms with van der Waals surface area (Å²) in [4.78, 5) is 15.4. The highest BCUT2D eigenvalue weighted by Gasteiger charge is 2.21. The van der Waals surface area contributed by atoms with Gasteiger partial charge in [-0.3, -0.25) is 9.89 Å². The number of benzene rings is 4. The number of para-hydroxylation sites is 1. The van der Waals surface area contributed by atoms with Gasteiger partial charge in [0.1, 0.15) is 5.75 Å². The van der Waals surface area contributed by atoms with Crippen LogP contribution in [-0.4, -0.2) is 26.1 Å². The third-order valence-electron chi connectivity index (χ3n) is 6.72. The number of nitrogens with one attached hydrogen (secondary N) is 1. The first kappa shape index (κ1) is 25.8. The lowest BCUT2D eigenvalue weighted by Gasteiger charge is -2.22. The molecule has 0 spiro atoms. The van der Waals surface area contributed by atoms with Gasteiger partial charge < -0.3 is 10.0 Å². The summed E-state index contributed by atoms with van der Waals surface area (Å²) < 4.78 is 0. The fourth-order valence-corrected chi connectivity index (χ4v) is 4.49. The van der Waals surface area contributed by atoms with E-state index in [-0.39, 0.29) is 11.7 Å². The first-order chi connectivity index (χ1) is 19.1. The number of fused-ring (bicyclic) bond motifs is 1. The second-order valence-electron chi connectivity index (χ2n) is 9.69. The van der Waals surface area contributed by atoms with Gasteiger partial charge in [0, 0.05) is 29.6 Å². The predicted molar refractivity (Wildman–Crippen MR) is 155 cm³/mol. The third-order valence-corrected chi connectivity index (χ3v) is 6.72. The standard InChI is InChI=1S/C34H31N3O2/c1-2-3-6-25-9-11-26(12-10-25)13-14-27-15-17-28(18-16-27)23-37(24-29-19-21-30(38)22-20-29)34(39)33-31-7-4-5-8-32(31)35-36-33/h4-5,7-12,15-22,38H,2-3,6,23-24H2,1H3,(H,35,36). The number of phenolic OH excluding ortho intramolecular Hbond substituents is 1. The first-order valence-electron chi connectivity index (χ1n) is 13.3. The van der Waals surface area contributed by atoms with E-state index < -0.39 is 0 Å². The first-order valence-corrected chi connectivity index (χ1v) is 13.3. The number of hydrogen-bond donors (Lipinski definition) is 2. The molecule has 1 amide bonds. The van der Waals surface area contributed by atoms with Crippen molar-refractivity contribution < 1.29 is 9.90 Å². The summed E-state index contributed by atoms with van der Waals surface area (Å²) in [5.74, 6) is 6.53. The highest BCUT2D eigenvalue weighted by Crippen LogP contribution is 2.21. The highest BCUT2D eigenvalue weighted by molar-refractivity contribution is 6.04. The molecule has 0 radical (unpaired) electrons. The van der Waals surface area contributed by atoms with E-state index in [1.54, 1.807) is 17.0 Å². The van der Waals surface area contributed by atoms with E-state index in [1.807, 2.05) is 60.7 Å². The molecule has 5 nitrogen and oxygen atoms in total. The number of aryl methyl sites for hydroxylation is 1. The molecule has 2 N–H and O–H groups in total. The summed E-state index contributed by atoms with van der Waals surface area (Å²) in [6.07, 6.45) is 3.50. The maximum absolute atomic E-state index is 13.7. The Labute approximate surface area is 229 Å². The minimum atomic E-state index is -0.160. The Kier molecular flexibility index (Phi) is 8.04. The molecular weight excluding hydrogens is 482 g/mol. The lowest BCUT2D eigenvalue weighted by molar-refractivity contribution is 0.0726. The van der Waals surface area contributed by atoms with Crippen molar-refractivity contribution in [3.63, 3.8) is 0 Å². The monoisotopic (exact) mass is 513 g/mol. The van der Waals surface area contributed by atoms with Gasteiger partial charge in [0.15, 0.2) is 5.69 Å². The second kappa shape index (κ2) is 12.1. The fraction of sp³-hybridized carbons (Fsp3) is 0.176. The molecule has 0 unspecified atom stereocenters. The van der Waals surface area contributed by atoms with Crippen molar-refractivity contribution in [2.24, 2.45) is 0 Å². The molecule has 5 rings (SSSR count). The summed E-state index contributed by atoms with van der Waals surface area (Å²) in [5, 5.41) is 17.8. The molecular formula is C34H31N3O2. The van der Waals surface area contributed by atoms with Gasteiger partial charge in [0.2, 0.25) is 0 Å².